The van der Waals surface area contributed by atoms with E-state index in [0.29, 0.717) is 30.2 Å². The van der Waals surface area contributed by atoms with Crippen molar-refractivity contribution in [2.45, 2.75) is 31.7 Å². The Morgan fingerprint density at radius 3 is 2.97 bits per heavy atom. The lowest BCUT2D eigenvalue weighted by atomic mass is 10.1. The average Bonchev–Trinajstić information content (AvgIpc) is 3.43. The summed E-state index contributed by atoms with van der Waals surface area (Å²) in [6, 6.07) is 7.56. The number of nitrogens with zero attached hydrogens (tertiary/aromatic N) is 1. The fourth-order valence-electron chi connectivity index (χ4n) is 3.35. The van der Waals surface area contributed by atoms with Crippen molar-refractivity contribution < 1.29 is 14.4 Å². The van der Waals surface area contributed by atoms with Gasteiger partial charge in [0, 0.05) is 35.4 Å². The van der Waals surface area contributed by atoms with Gasteiger partial charge in [0.2, 0.25) is 17.7 Å². The van der Waals surface area contributed by atoms with Crippen molar-refractivity contribution in [3.8, 4) is 0 Å². The third kappa shape index (κ3) is 4.62. The van der Waals surface area contributed by atoms with E-state index < -0.39 is 6.04 Å². The van der Waals surface area contributed by atoms with Crippen molar-refractivity contribution in [1.29, 1.82) is 0 Å². The molecule has 2 aromatic heterocycles. The Hall–Kier alpha value is -3.20. The highest BCUT2D eigenvalue weighted by Crippen LogP contribution is 2.19. The Morgan fingerprint density at radius 2 is 2.14 bits per heavy atom. The number of hydrogen-bond acceptors (Lipinski definition) is 5. The summed E-state index contributed by atoms with van der Waals surface area (Å²) in [5.41, 5.74) is 2.85. The first-order valence-electron chi connectivity index (χ1n) is 9.45. The van der Waals surface area contributed by atoms with E-state index in [1.54, 1.807) is 5.38 Å². The summed E-state index contributed by atoms with van der Waals surface area (Å²) in [6.45, 7) is 0.537. The van der Waals surface area contributed by atoms with E-state index in [1.807, 2.05) is 24.4 Å². The third-order valence-electron chi connectivity index (χ3n) is 4.83. The second kappa shape index (κ2) is 8.44. The van der Waals surface area contributed by atoms with Crippen molar-refractivity contribution in [3.05, 3.63) is 47.1 Å². The van der Waals surface area contributed by atoms with Crippen LogP contribution < -0.4 is 16.0 Å². The quantitative estimate of drug-likeness (QED) is 0.474. The van der Waals surface area contributed by atoms with Crippen molar-refractivity contribution in [1.82, 2.24) is 20.6 Å². The molecule has 1 aromatic carbocycles. The maximum Gasteiger partial charge on any atom is 0.248 e. The number of carbonyl (C=O) groups excluding carboxylic acids is 3. The lowest BCUT2D eigenvalue weighted by molar-refractivity contribution is -0.122. The molecule has 29 heavy (non-hydrogen) atoms. The summed E-state index contributed by atoms with van der Waals surface area (Å²) < 4.78 is 0. The average molecular weight is 411 g/mol. The van der Waals surface area contributed by atoms with Crippen LogP contribution in [0.1, 0.15) is 24.1 Å². The summed E-state index contributed by atoms with van der Waals surface area (Å²) in [6.07, 6.45) is 3.71. The van der Waals surface area contributed by atoms with E-state index in [4.69, 9.17) is 0 Å². The van der Waals surface area contributed by atoms with Gasteiger partial charge in [0.05, 0.1) is 12.1 Å². The molecule has 1 unspecified atom stereocenters. The van der Waals surface area contributed by atoms with Crippen LogP contribution >= 0.6 is 11.3 Å². The molecule has 0 saturated carbocycles. The zero-order valence-electron chi connectivity index (χ0n) is 15.7. The number of anilines is 1. The van der Waals surface area contributed by atoms with Crippen LogP contribution in [0, 0.1) is 0 Å². The summed E-state index contributed by atoms with van der Waals surface area (Å²) >= 11 is 1.26. The lowest BCUT2D eigenvalue weighted by Crippen LogP contribution is -2.37. The first-order valence-corrected chi connectivity index (χ1v) is 10.3. The topological polar surface area (TPSA) is 116 Å². The molecule has 0 bridgehead atoms. The number of aromatic amines is 1. The molecule has 1 atom stereocenters. The molecule has 4 rings (SSSR count). The number of benzene rings is 1. The highest BCUT2D eigenvalue weighted by atomic mass is 32.1. The Labute approximate surface area is 171 Å². The fraction of sp³-hybridized carbons (Fsp3) is 0.300. The predicted molar refractivity (Wildman–Crippen MR) is 111 cm³/mol. The first-order chi connectivity index (χ1) is 14.1. The molecule has 0 aliphatic carbocycles. The van der Waals surface area contributed by atoms with Gasteiger partial charge in [-0.1, -0.05) is 18.2 Å². The second-order valence-electron chi connectivity index (χ2n) is 6.93. The van der Waals surface area contributed by atoms with Crippen LogP contribution in [0.5, 0.6) is 0 Å². The molecule has 1 aliphatic rings. The summed E-state index contributed by atoms with van der Waals surface area (Å²) in [5, 5.41) is 11.6. The summed E-state index contributed by atoms with van der Waals surface area (Å²) in [5.74, 6) is -0.509. The smallest absolute Gasteiger partial charge is 0.248 e. The molecule has 3 amide bonds. The minimum atomic E-state index is -0.511. The number of H-pyrrole nitrogens is 1. The van der Waals surface area contributed by atoms with Gasteiger partial charge in [-0.15, -0.1) is 11.3 Å². The molecule has 8 nitrogen and oxygen atoms in total. The SMILES string of the molecule is O=C(Cc1csc(NC(=O)C2CCC(=O)N2)n1)NCCc1c[nH]c2ccccc12. The standard InChI is InChI=1S/C20H21N5O3S/c26-17-6-5-16(24-17)19(28)25-20-23-13(11-29-20)9-18(27)21-8-7-12-10-22-15-4-2-1-3-14(12)15/h1-4,10-11,16,22H,5-9H2,(H,21,27)(H,24,26)(H,23,25,28). The molecule has 1 saturated heterocycles. The van der Waals surface area contributed by atoms with E-state index >= 15 is 0 Å². The number of aromatic nitrogens is 2. The van der Waals surface area contributed by atoms with Crippen LogP contribution in [0.25, 0.3) is 10.9 Å². The molecule has 3 aromatic rings. The molecule has 3 heterocycles. The van der Waals surface area contributed by atoms with Crippen molar-refractivity contribution in [2.24, 2.45) is 0 Å². The van der Waals surface area contributed by atoms with Gasteiger partial charge in [0.15, 0.2) is 5.13 Å². The number of fused-ring (bicyclic) bond motifs is 1. The van der Waals surface area contributed by atoms with Gasteiger partial charge in [0.25, 0.3) is 0 Å². The van der Waals surface area contributed by atoms with Gasteiger partial charge >= 0.3 is 0 Å². The molecule has 1 aliphatic heterocycles. The molecule has 4 N–H and O–H groups in total. The molecule has 0 radical (unpaired) electrons. The largest absolute Gasteiger partial charge is 0.361 e. The number of rotatable bonds is 7. The number of para-hydroxylation sites is 1. The van der Waals surface area contributed by atoms with E-state index in [0.717, 1.165) is 11.9 Å². The summed E-state index contributed by atoms with van der Waals surface area (Å²) in [4.78, 5) is 43.0. The van der Waals surface area contributed by atoms with Gasteiger partial charge in [-0.05, 0) is 24.5 Å². The third-order valence-corrected chi connectivity index (χ3v) is 5.63. The number of thiazole rings is 1. The maximum absolute atomic E-state index is 12.2. The number of hydrogen-bond donors (Lipinski definition) is 4. The van der Waals surface area contributed by atoms with Crippen molar-refractivity contribution >= 4 is 45.1 Å². The van der Waals surface area contributed by atoms with Crippen LogP contribution in [0.4, 0.5) is 5.13 Å². The number of carbonyl (C=O) groups is 3. The van der Waals surface area contributed by atoms with Crippen LogP contribution in [-0.4, -0.2) is 40.3 Å². The van der Waals surface area contributed by atoms with Crippen LogP contribution in [-0.2, 0) is 27.2 Å². The predicted octanol–water partition coefficient (Wildman–Crippen LogP) is 1.74. The molecule has 9 heteroatoms. The monoisotopic (exact) mass is 411 g/mol. The fourth-order valence-corrected chi connectivity index (χ4v) is 4.06. The van der Waals surface area contributed by atoms with Crippen LogP contribution in [0.2, 0.25) is 0 Å². The van der Waals surface area contributed by atoms with Crippen molar-refractivity contribution in [2.75, 3.05) is 11.9 Å². The Kier molecular flexibility index (Phi) is 5.57. The van der Waals surface area contributed by atoms with Gasteiger partial charge < -0.3 is 20.9 Å². The second-order valence-corrected chi connectivity index (χ2v) is 7.79. The van der Waals surface area contributed by atoms with Gasteiger partial charge in [0.1, 0.15) is 6.04 Å². The molecule has 1 fully saturated rings. The Morgan fingerprint density at radius 1 is 1.28 bits per heavy atom. The maximum atomic E-state index is 12.2. The van der Waals surface area contributed by atoms with Gasteiger partial charge in [-0.2, -0.15) is 0 Å². The highest BCUT2D eigenvalue weighted by Gasteiger charge is 2.27. The van der Waals surface area contributed by atoms with Crippen LogP contribution in [0.15, 0.2) is 35.8 Å². The lowest BCUT2D eigenvalue weighted by Gasteiger charge is -2.08. The van der Waals surface area contributed by atoms with E-state index in [1.165, 1.54) is 22.3 Å². The molecular weight excluding hydrogens is 390 g/mol. The van der Waals surface area contributed by atoms with E-state index in [9.17, 15) is 14.4 Å². The normalized spacial score (nSPS) is 16.0. The van der Waals surface area contributed by atoms with E-state index in [-0.39, 0.29) is 24.1 Å². The number of amides is 3. The Bertz CT molecular complexity index is 1060. The van der Waals surface area contributed by atoms with E-state index in [2.05, 4.69) is 32.0 Å². The highest BCUT2D eigenvalue weighted by molar-refractivity contribution is 7.13. The minimum absolute atomic E-state index is 0.115. The molecule has 0 spiro atoms. The molecule has 150 valence electrons. The zero-order valence-corrected chi connectivity index (χ0v) is 16.5. The van der Waals surface area contributed by atoms with Crippen molar-refractivity contribution in [3.63, 3.8) is 0 Å². The van der Waals surface area contributed by atoms with Gasteiger partial charge in [-0.3, -0.25) is 14.4 Å². The number of nitrogens with one attached hydrogen (secondary N) is 4. The molecular formula is C20H21N5O3S. The van der Waals surface area contributed by atoms with Crippen LogP contribution in [0.3, 0.4) is 0 Å². The minimum Gasteiger partial charge on any atom is -0.361 e. The van der Waals surface area contributed by atoms with Gasteiger partial charge in [-0.25, -0.2) is 4.98 Å². The first kappa shape index (κ1) is 19.1. The zero-order chi connectivity index (χ0) is 20.2. The Balaban J connectivity index is 1.24. The summed E-state index contributed by atoms with van der Waals surface area (Å²) in [7, 11) is 0.